The van der Waals surface area contributed by atoms with Crippen molar-refractivity contribution in [2.75, 3.05) is 9.80 Å². The largest absolute Gasteiger partial charge is 0.462 e. The van der Waals surface area contributed by atoms with Crippen molar-refractivity contribution in [3.63, 3.8) is 0 Å². The number of aryl methyl sites for hydroxylation is 1. The Hall–Kier alpha value is -5.79. The second kappa shape index (κ2) is 16.4. The maximum atomic E-state index is 11.3. The van der Waals surface area contributed by atoms with Gasteiger partial charge in [0.05, 0.1) is 28.7 Å². The standard InChI is InChI=1S/C65H77N3O/c1-42-33-45(59(2,3)4)25-26-53(42)67(56-41-69-57-27-28-65(16,39-49(56)57)60(5,6)7)46-34-43(40-66)35-47(36-46)68(54-24-20-23-50-58(54)64(14,15)32-31-61(50,8)9)55-38-52-51(62(10,11)29-30-63(52,12)13)37-48(55)44-21-18-17-19-22-44/h17-28,33-38,41H,29-32,39H2,1-16H3/t65-/m0/s1. The molecule has 0 radical (unpaired) electrons. The van der Waals surface area contributed by atoms with Crippen molar-refractivity contribution in [2.24, 2.45) is 10.8 Å². The number of fused-ring (bicyclic) bond motifs is 3. The number of hydrogen-bond acceptors (Lipinski definition) is 4. The van der Waals surface area contributed by atoms with E-state index < -0.39 is 0 Å². The molecular weight excluding hydrogens is 839 g/mol. The fourth-order valence-corrected chi connectivity index (χ4v) is 11.7. The van der Waals surface area contributed by atoms with Crippen LogP contribution < -0.4 is 9.80 Å². The van der Waals surface area contributed by atoms with Gasteiger partial charge in [-0.15, -0.1) is 0 Å². The van der Waals surface area contributed by atoms with Crippen LogP contribution in [0, 0.1) is 29.1 Å². The van der Waals surface area contributed by atoms with Gasteiger partial charge in [0.2, 0.25) is 0 Å². The van der Waals surface area contributed by atoms with Gasteiger partial charge in [-0.3, -0.25) is 0 Å². The lowest BCUT2D eigenvalue weighted by Gasteiger charge is -2.46. The van der Waals surface area contributed by atoms with Gasteiger partial charge in [0.1, 0.15) is 12.0 Å². The van der Waals surface area contributed by atoms with Gasteiger partial charge < -0.3 is 14.2 Å². The molecule has 0 spiro atoms. The summed E-state index contributed by atoms with van der Waals surface area (Å²) in [7, 11) is 0. The Morgan fingerprint density at radius 2 is 1.17 bits per heavy atom. The zero-order chi connectivity index (χ0) is 49.9. The summed E-state index contributed by atoms with van der Waals surface area (Å²) < 4.78 is 6.56. The van der Waals surface area contributed by atoms with Crippen molar-refractivity contribution in [3.05, 3.63) is 160 Å². The van der Waals surface area contributed by atoms with Crippen LogP contribution in [0.1, 0.15) is 180 Å². The monoisotopic (exact) mass is 916 g/mol. The smallest absolute Gasteiger partial charge is 0.131 e. The van der Waals surface area contributed by atoms with Gasteiger partial charge in [-0.1, -0.05) is 165 Å². The van der Waals surface area contributed by atoms with Crippen molar-refractivity contribution in [1.29, 1.82) is 5.26 Å². The summed E-state index contributed by atoms with van der Waals surface area (Å²) in [6.45, 7) is 37.9. The zero-order valence-corrected chi connectivity index (χ0v) is 44.8. The van der Waals surface area contributed by atoms with E-state index in [4.69, 9.17) is 4.42 Å². The number of nitriles is 1. The molecular formula is C65H77N3O. The zero-order valence-electron chi connectivity index (χ0n) is 44.8. The maximum Gasteiger partial charge on any atom is 0.131 e. The van der Waals surface area contributed by atoms with E-state index in [0.717, 1.165) is 71.9 Å². The Morgan fingerprint density at radius 3 is 1.77 bits per heavy atom. The van der Waals surface area contributed by atoms with E-state index in [1.54, 1.807) is 0 Å². The molecule has 0 amide bonds. The summed E-state index contributed by atoms with van der Waals surface area (Å²) in [5, 5.41) is 11.3. The van der Waals surface area contributed by atoms with E-state index in [9.17, 15) is 5.26 Å². The molecule has 1 heterocycles. The number of hydrogen-bond donors (Lipinski definition) is 0. The van der Waals surface area contributed by atoms with Crippen LogP contribution in [0.5, 0.6) is 0 Å². The van der Waals surface area contributed by atoms with Crippen LogP contribution in [0.3, 0.4) is 0 Å². The van der Waals surface area contributed by atoms with Crippen LogP contribution in [0.25, 0.3) is 17.2 Å². The highest BCUT2D eigenvalue weighted by atomic mass is 16.3. The topological polar surface area (TPSA) is 43.4 Å². The number of rotatable bonds is 7. The second-order valence-electron chi connectivity index (χ2n) is 25.9. The highest BCUT2D eigenvalue weighted by molar-refractivity contribution is 5.93. The molecule has 0 saturated heterocycles. The van der Waals surface area contributed by atoms with Gasteiger partial charge in [0.25, 0.3) is 0 Å². The highest BCUT2D eigenvalue weighted by Crippen LogP contribution is 2.57. The average Bonchev–Trinajstić information content (AvgIpc) is 3.69. The Kier molecular flexibility index (Phi) is 11.5. The lowest BCUT2D eigenvalue weighted by Crippen LogP contribution is -2.36. The molecule has 3 aliphatic carbocycles. The summed E-state index contributed by atoms with van der Waals surface area (Å²) in [5.41, 5.74) is 18.1. The average molecular weight is 916 g/mol. The summed E-state index contributed by atoms with van der Waals surface area (Å²) >= 11 is 0. The first-order valence-electron chi connectivity index (χ1n) is 25.6. The first kappa shape index (κ1) is 48.2. The molecule has 69 heavy (non-hydrogen) atoms. The van der Waals surface area contributed by atoms with Crippen molar-refractivity contribution < 1.29 is 4.42 Å². The Balaban J connectivity index is 1.40. The van der Waals surface area contributed by atoms with Crippen LogP contribution in [-0.4, -0.2) is 0 Å². The Bertz CT molecular complexity index is 3040. The summed E-state index contributed by atoms with van der Waals surface area (Å²) in [5.74, 6) is 0.895. The molecule has 358 valence electrons. The minimum Gasteiger partial charge on any atom is -0.462 e. The molecule has 4 heteroatoms. The number of nitrogens with zero attached hydrogens (tertiary/aromatic N) is 3. The third-order valence-corrected chi connectivity index (χ3v) is 17.2. The lowest BCUT2D eigenvalue weighted by molar-refractivity contribution is 0.166. The van der Waals surface area contributed by atoms with E-state index >= 15 is 0 Å². The predicted molar refractivity (Wildman–Crippen MR) is 293 cm³/mol. The van der Waals surface area contributed by atoms with E-state index in [-0.39, 0.29) is 37.9 Å². The molecule has 0 unspecified atom stereocenters. The summed E-state index contributed by atoms with van der Waals surface area (Å²) in [6.07, 6.45) is 11.7. The molecule has 1 atom stereocenters. The number of anilines is 6. The van der Waals surface area contributed by atoms with Gasteiger partial charge in [0, 0.05) is 28.2 Å². The van der Waals surface area contributed by atoms with Crippen molar-refractivity contribution in [3.8, 4) is 17.2 Å². The van der Waals surface area contributed by atoms with E-state index in [1.807, 2.05) is 6.26 Å². The third-order valence-electron chi connectivity index (χ3n) is 17.2. The maximum absolute atomic E-state index is 11.3. The van der Waals surface area contributed by atoms with Crippen molar-refractivity contribution in [1.82, 2.24) is 0 Å². The van der Waals surface area contributed by atoms with Gasteiger partial charge >= 0.3 is 0 Å². The minimum atomic E-state index is -0.112. The quantitative estimate of drug-likeness (QED) is 0.160. The van der Waals surface area contributed by atoms with Crippen molar-refractivity contribution >= 4 is 40.2 Å². The molecule has 5 aromatic carbocycles. The number of benzene rings is 5. The van der Waals surface area contributed by atoms with Gasteiger partial charge in [0.15, 0.2) is 0 Å². The molecule has 4 nitrogen and oxygen atoms in total. The second-order valence-corrected chi connectivity index (χ2v) is 25.9. The lowest BCUT2D eigenvalue weighted by atomic mass is 9.62. The van der Waals surface area contributed by atoms with Crippen LogP contribution in [0.2, 0.25) is 0 Å². The Labute approximate surface area is 415 Å². The number of furan rings is 1. The van der Waals surface area contributed by atoms with E-state index in [0.29, 0.717) is 5.56 Å². The van der Waals surface area contributed by atoms with Crippen LogP contribution in [-0.2, 0) is 33.5 Å². The molecule has 0 saturated carbocycles. The molecule has 6 aromatic rings. The molecule has 0 bridgehead atoms. The van der Waals surface area contributed by atoms with E-state index in [2.05, 4.69) is 236 Å². The molecule has 0 fully saturated rings. The predicted octanol–water partition coefficient (Wildman–Crippen LogP) is 18.7. The van der Waals surface area contributed by atoms with Crippen LogP contribution in [0.4, 0.5) is 34.1 Å². The molecule has 9 rings (SSSR count). The molecule has 0 aliphatic heterocycles. The first-order chi connectivity index (χ1) is 32.2. The van der Waals surface area contributed by atoms with Crippen LogP contribution in [0.15, 0.2) is 114 Å². The SMILES string of the molecule is Cc1cc(C(C)(C)C)ccc1N(c1cc(C#N)cc(N(c2cc3c(cc2-c2ccccc2)C(C)(C)CCC3(C)C)c2cccc3c2C(C)(C)CCC3(C)C)c1)c1coc2c1C[C@@](C)(C(C)(C)C)C=C2. The molecule has 0 N–H and O–H groups in total. The van der Waals surface area contributed by atoms with Crippen molar-refractivity contribution in [2.45, 2.75) is 170 Å². The molecule has 1 aromatic heterocycles. The highest BCUT2D eigenvalue weighted by Gasteiger charge is 2.43. The van der Waals surface area contributed by atoms with Gasteiger partial charge in [-0.05, 0) is 164 Å². The molecule has 3 aliphatic rings. The van der Waals surface area contributed by atoms with Gasteiger partial charge in [-0.25, -0.2) is 0 Å². The normalized spacial score (nSPS) is 19.8. The summed E-state index contributed by atoms with van der Waals surface area (Å²) in [6, 6.07) is 39.2. The summed E-state index contributed by atoms with van der Waals surface area (Å²) in [4.78, 5) is 4.93. The third kappa shape index (κ3) is 8.36. The van der Waals surface area contributed by atoms with Gasteiger partial charge in [-0.2, -0.15) is 5.26 Å². The van der Waals surface area contributed by atoms with Crippen LogP contribution >= 0.6 is 0 Å². The Morgan fingerprint density at radius 1 is 0.580 bits per heavy atom. The fraction of sp³-hybridized carbons (Fsp3) is 0.431. The number of allylic oxidation sites excluding steroid dienone is 1. The minimum absolute atomic E-state index is 0.00547. The first-order valence-corrected chi connectivity index (χ1v) is 25.6. The fourth-order valence-electron chi connectivity index (χ4n) is 11.7. The van der Waals surface area contributed by atoms with E-state index in [1.165, 1.54) is 50.2 Å².